The van der Waals surface area contributed by atoms with Crippen molar-refractivity contribution in [2.45, 2.75) is 27.2 Å². The summed E-state index contributed by atoms with van der Waals surface area (Å²) in [5.74, 6) is 0.242. The van der Waals surface area contributed by atoms with E-state index in [0.717, 1.165) is 33.8 Å². The Morgan fingerprint density at radius 3 is 2.71 bits per heavy atom. The number of pyridine rings is 1. The minimum absolute atomic E-state index is 0.319. The van der Waals surface area contributed by atoms with E-state index in [0.29, 0.717) is 28.3 Å². The second-order valence-electron chi connectivity index (χ2n) is 8.27. The third-order valence-corrected chi connectivity index (χ3v) is 5.87. The molecule has 4 rings (SSSR count). The topological polar surface area (TPSA) is 70.2 Å². The lowest BCUT2D eigenvalue weighted by Gasteiger charge is -2.07. The van der Waals surface area contributed by atoms with Gasteiger partial charge in [0.25, 0.3) is 0 Å². The van der Waals surface area contributed by atoms with Crippen LogP contribution >= 0.6 is 0 Å². The molecule has 3 aromatic heterocycles. The summed E-state index contributed by atoms with van der Waals surface area (Å²) in [5, 5.41) is 8.99. The number of rotatable bonds is 7. The minimum atomic E-state index is -0.319. The number of nitrogens with one attached hydrogen (secondary N) is 2. The molecule has 5 nitrogen and oxygen atoms in total. The van der Waals surface area contributed by atoms with Crippen molar-refractivity contribution in [3.05, 3.63) is 112 Å². The summed E-state index contributed by atoms with van der Waals surface area (Å²) >= 11 is 0. The van der Waals surface area contributed by atoms with Gasteiger partial charge in [0.05, 0.1) is 11.0 Å². The number of halogens is 1. The number of benzene rings is 1. The minimum Gasteiger partial charge on any atom is -0.340 e. The van der Waals surface area contributed by atoms with Gasteiger partial charge in [-0.05, 0) is 55.2 Å². The molecule has 6 heteroatoms. The number of nitrogens with zero attached hydrogens (tertiary/aromatic N) is 3. The van der Waals surface area contributed by atoms with Crippen LogP contribution in [-0.4, -0.2) is 25.1 Å². The zero-order valence-corrected chi connectivity index (χ0v) is 20.2. The first kappa shape index (κ1) is 23.8. The Labute approximate surface area is 204 Å². The Hall–Kier alpha value is -4.32. The Morgan fingerprint density at radius 1 is 1.17 bits per heavy atom. The molecule has 0 atom stereocenters. The molecule has 0 aliphatic heterocycles. The van der Waals surface area contributed by atoms with Crippen molar-refractivity contribution >= 4 is 23.8 Å². The third-order valence-electron chi connectivity index (χ3n) is 5.87. The smallest absolute Gasteiger partial charge is 0.159 e. The zero-order chi connectivity index (χ0) is 24.9. The summed E-state index contributed by atoms with van der Waals surface area (Å²) in [6.07, 6.45) is 12.0. The molecule has 4 aromatic rings. The summed E-state index contributed by atoms with van der Waals surface area (Å²) in [5.41, 5.74) is 6.50. The Kier molecular flexibility index (Phi) is 7.01. The molecule has 0 saturated carbocycles. The van der Waals surface area contributed by atoms with E-state index in [9.17, 15) is 4.39 Å². The predicted octanol–water partition coefficient (Wildman–Crippen LogP) is 5.12. The fourth-order valence-corrected chi connectivity index (χ4v) is 3.84. The van der Waals surface area contributed by atoms with Gasteiger partial charge in [-0.2, -0.15) is 5.10 Å². The fraction of sp³-hybridized carbons (Fsp3) is 0.138. The van der Waals surface area contributed by atoms with Crippen LogP contribution in [0.5, 0.6) is 0 Å². The molecule has 0 bridgehead atoms. The van der Waals surface area contributed by atoms with Gasteiger partial charge < -0.3 is 4.98 Å². The lowest BCUT2D eigenvalue weighted by molar-refractivity contribution is 0.624. The van der Waals surface area contributed by atoms with Crippen LogP contribution < -0.4 is 10.6 Å². The molecule has 0 unspecified atom stereocenters. The second kappa shape index (κ2) is 10.3. The average molecular weight is 466 g/mol. The van der Waals surface area contributed by atoms with Gasteiger partial charge in [-0.1, -0.05) is 56.5 Å². The van der Waals surface area contributed by atoms with Crippen molar-refractivity contribution in [1.82, 2.24) is 25.1 Å². The number of aryl methyl sites for hydroxylation is 2. The van der Waals surface area contributed by atoms with Crippen molar-refractivity contribution in [2.75, 3.05) is 0 Å². The molecule has 3 heterocycles. The maximum absolute atomic E-state index is 14.5. The van der Waals surface area contributed by atoms with Crippen molar-refractivity contribution < 1.29 is 4.39 Å². The number of imidazole rings is 1. The van der Waals surface area contributed by atoms with E-state index in [1.54, 1.807) is 30.4 Å². The Bertz CT molecular complexity index is 1550. The largest absolute Gasteiger partial charge is 0.340 e. The number of hydrogen-bond donors (Lipinski definition) is 2. The Morgan fingerprint density at radius 2 is 1.97 bits per heavy atom. The molecule has 0 radical (unpaired) electrons. The molecule has 0 saturated heterocycles. The Balaban J connectivity index is 1.71. The van der Waals surface area contributed by atoms with Crippen LogP contribution in [-0.2, 0) is 6.42 Å². The van der Waals surface area contributed by atoms with Crippen LogP contribution in [0.2, 0.25) is 0 Å². The van der Waals surface area contributed by atoms with E-state index >= 15 is 0 Å². The van der Waals surface area contributed by atoms with E-state index in [1.807, 2.05) is 38.4 Å². The van der Waals surface area contributed by atoms with Gasteiger partial charge >= 0.3 is 0 Å². The van der Waals surface area contributed by atoms with Gasteiger partial charge in [0.1, 0.15) is 11.5 Å². The second-order valence-corrected chi connectivity index (χ2v) is 8.27. The fourth-order valence-electron chi connectivity index (χ4n) is 3.84. The standard InChI is InChI=1S/C29H28FN5/c1-6-10-24(23-11-8-9-12-25(23)30)28-20(5)32-29(33-28)27-19(4)26(34-35-27)14-13-18(3)22-15-21(7-2)16-31-17-22/h6,8-17,34H,1,4,7H2,2-3,5H3,(H,32,33)/b18-13+,24-10-,26-14+. The first-order valence-corrected chi connectivity index (χ1v) is 11.4. The van der Waals surface area contributed by atoms with Crippen LogP contribution in [0.1, 0.15) is 41.9 Å². The monoisotopic (exact) mass is 465 g/mol. The van der Waals surface area contributed by atoms with Crippen LogP contribution in [0, 0.1) is 12.7 Å². The third kappa shape index (κ3) is 4.96. The highest BCUT2D eigenvalue weighted by Gasteiger charge is 2.18. The summed E-state index contributed by atoms with van der Waals surface area (Å²) < 4.78 is 14.5. The molecule has 176 valence electrons. The van der Waals surface area contributed by atoms with Crippen LogP contribution in [0.15, 0.2) is 67.5 Å². The van der Waals surface area contributed by atoms with Crippen LogP contribution in [0.3, 0.4) is 0 Å². The van der Waals surface area contributed by atoms with Gasteiger partial charge in [0.2, 0.25) is 0 Å². The van der Waals surface area contributed by atoms with Gasteiger partial charge in [-0.3, -0.25) is 10.1 Å². The maximum Gasteiger partial charge on any atom is 0.159 e. The highest BCUT2D eigenvalue weighted by Crippen LogP contribution is 2.28. The van der Waals surface area contributed by atoms with Crippen molar-refractivity contribution in [3.63, 3.8) is 0 Å². The quantitative estimate of drug-likeness (QED) is 0.372. The highest BCUT2D eigenvalue weighted by atomic mass is 19.1. The van der Waals surface area contributed by atoms with Crippen molar-refractivity contribution in [2.24, 2.45) is 0 Å². The highest BCUT2D eigenvalue weighted by molar-refractivity contribution is 5.81. The first-order chi connectivity index (χ1) is 16.9. The first-order valence-electron chi connectivity index (χ1n) is 11.4. The molecular formula is C29H28FN5. The van der Waals surface area contributed by atoms with Crippen molar-refractivity contribution in [3.8, 4) is 11.5 Å². The normalized spacial score (nSPS) is 12.9. The molecule has 0 aliphatic carbocycles. The van der Waals surface area contributed by atoms with Crippen LogP contribution in [0.4, 0.5) is 4.39 Å². The average Bonchev–Trinajstić information content (AvgIpc) is 3.43. The van der Waals surface area contributed by atoms with E-state index in [4.69, 9.17) is 4.98 Å². The van der Waals surface area contributed by atoms with E-state index in [2.05, 4.69) is 46.3 Å². The molecule has 1 aromatic carbocycles. The number of aromatic amines is 2. The van der Waals surface area contributed by atoms with E-state index in [-0.39, 0.29) is 5.82 Å². The molecule has 0 amide bonds. The van der Waals surface area contributed by atoms with Gasteiger partial charge in [-0.25, -0.2) is 9.37 Å². The van der Waals surface area contributed by atoms with Gasteiger partial charge in [0.15, 0.2) is 5.82 Å². The molecule has 0 fully saturated rings. The van der Waals surface area contributed by atoms with Gasteiger partial charge in [-0.15, -0.1) is 0 Å². The number of hydrogen-bond acceptors (Lipinski definition) is 3. The lowest BCUT2D eigenvalue weighted by Crippen LogP contribution is -2.21. The summed E-state index contributed by atoms with van der Waals surface area (Å²) in [6.45, 7) is 14.1. The number of aromatic nitrogens is 5. The molecule has 35 heavy (non-hydrogen) atoms. The summed E-state index contributed by atoms with van der Waals surface area (Å²) in [7, 11) is 0. The molecular weight excluding hydrogens is 437 g/mol. The number of H-pyrrole nitrogens is 2. The van der Waals surface area contributed by atoms with Crippen LogP contribution in [0.25, 0.3) is 35.3 Å². The van der Waals surface area contributed by atoms with Gasteiger partial charge in [0, 0.05) is 34.4 Å². The SMILES string of the molecule is C=C/C=C(/c1ccccc1F)c1nc(-c2n[nH]/c(=C/C=C(\C)c3cncc(CC)c3)c2=C)[nH]c1C. The molecule has 0 spiro atoms. The molecule has 2 N–H and O–H groups in total. The zero-order valence-electron chi connectivity index (χ0n) is 20.2. The maximum atomic E-state index is 14.5. The summed E-state index contributed by atoms with van der Waals surface area (Å²) in [6, 6.07) is 8.77. The van der Waals surface area contributed by atoms with E-state index < -0.39 is 0 Å². The lowest BCUT2D eigenvalue weighted by atomic mass is 10.0. The molecule has 0 aliphatic rings. The van der Waals surface area contributed by atoms with E-state index in [1.165, 1.54) is 11.6 Å². The number of allylic oxidation sites excluding steroid dienone is 4. The predicted molar refractivity (Wildman–Crippen MR) is 141 cm³/mol. The summed E-state index contributed by atoms with van der Waals surface area (Å²) in [4.78, 5) is 12.4. The van der Waals surface area contributed by atoms with Crippen molar-refractivity contribution in [1.29, 1.82) is 0 Å².